The molecule has 19 heavy (non-hydrogen) atoms. The highest BCUT2D eigenvalue weighted by Crippen LogP contribution is 2.23. The number of nitrogens with one attached hydrogen (secondary N) is 1. The van der Waals surface area contributed by atoms with Crippen LogP contribution in [0.3, 0.4) is 0 Å². The molecule has 3 N–H and O–H groups in total. The fourth-order valence-corrected chi connectivity index (χ4v) is 2.52. The van der Waals surface area contributed by atoms with Crippen LogP contribution in [0.2, 0.25) is 0 Å². The van der Waals surface area contributed by atoms with Gasteiger partial charge in [-0.05, 0) is 44.5 Å². The topological polar surface area (TPSA) is 62.3 Å². The van der Waals surface area contributed by atoms with E-state index in [0.717, 1.165) is 17.9 Å². The summed E-state index contributed by atoms with van der Waals surface area (Å²) in [6.07, 6.45) is 3.94. The van der Waals surface area contributed by atoms with Crippen molar-refractivity contribution in [1.82, 2.24) is 4.90 Å². The molecule has 0 radical (unpaired) electrons. The Hall–Kier alpha value is -1.55. The van der Waals surface area contributed by atoms with Gasteiger partial charge in [-0.15, -0.1) is 0 Å². The second-order valence-electron chi connectivity index (χ2n) is 5.12. The Labute approximate surface area is 115 Å². The zero-order valence-corrected chi connectivity index (χ0v) is 11.6. The van der Waals surface area contributed by atoms with Crippen molar-refractivity contribution in [2.75, 3.05) is 26.2 Å². The molecular formula is C15H23N3O. The van der Waals surface area contributed by atoms with Gasteiger partial charge in [-0.3, -0.25) is 10.3 Å². The number of nitrogens with zero attached hydrogens (tertiary/aromatic N) is 1. The minimum absolute atomic E-state index is 0.0664. The Morgan fingerprint density at radius 1 is 1.32 bits per heavy atom. The van der Waals surface area contributed by atoms with Crippen molar-refractivity contribution in [2.45, 2.75) is 26.2 Å². The maximum absolute atomic E-state index is 7.59. The smallest absolute Gasteiger partial charge is 0.133 e. The van der Waals surface area contributed by atoms with Gasteiger partial charge >= 0.3 is 0 Å². The lowest BCUT2D eigenvalue weighted by atomic mass is 10.1. The molecule has 2 rings (SSSR count). The van der Waals surface area contributed by atoms with E-state index >= 15 is 0 Å². The van der Waals surface area contributed by atoms with Crippen LogP contribution in [0, 0.1) is 12.3 Å². The molecule has 0 amide bonds. The molecule has 1 aromatic carbocycles. The van der Waals surface area contributed by atoms with Crippen LogP contribution in [0.15, 0.2) is 18.2 Å². The van der Waals surface area contributed by atoms with Gasteiger partial charge in [-0.25, -0.2) is 0 Å². The van der Waals surface area contributed by atoms with Crippen LogP contribution in [0.1, 0.15) is 30.4 Å². The standard InChI is InChI=1S/C15H23N3O/c1-12-6-5-7-13(15(16)17)14(12)19-11-10-18-8-3-2-4-9-18/h5-7H,2-4,8-11H2,1H3,(H3,16,17). The summed E-state index contributed by atoms with van der Waals surface area (Å²) >= 11 is 0. The molecule has 1 heterocycles. The first-order valence-corrected chi connectivity index (χ1v) is 6.97. The van der Waals surface area contributed by atoms with E-state index in [0.29, 0.717) is 12.2 Å². The number of rotatable bonds is 5. The molecule has 0 bridgehead atoms. The van der Waals surface area contributed by atoms with Gasteiger partial charge in [-0.2, -0.15) is 0 Å². The van der Waals surface area contributed by atoms with E-state index in [4.69, 9.17) is 15.9 Å². The molecule has 104 valence electrons. The molecule has 1 aromatic rings. The maximum atomic E-state index is 7.59. The predicted octanol–water partition coefficient (Wildman–Crippen LogP) is 2.14. The van der Waals surface area contributed by atoms with Crippen LogP contribution in [0.25, 0.3) is 0 Å². The minimum atomic E-state index is 0.0664. The average Bonchev–Trinajstić information content (AvgIpc) is 2.41. The molecular weight excluding hydrogens is 238 g/mol. The first kappa shape index (κ1) is 13.9. The number of nitrogen functional groups attached to an aromatic ring is 1. The fraction of sp³-hybridized carbons (Fsp3) is 0.533. The number of aryl methyl sites for hydroxylation is 1. The van der Waals surface area contributed by atoms with Crippen LogP contribution in [-0.2, 0) is 0 Å². The van der Waals surface area contributed by atoms with Crippen molar-refractivity contribution >= 4 is 5.84 Å². The second-order valence-corrected chi connectivity index (χ2v) is 5.12. The zero-order valence-electron chi connectivity index (χ0n) is 11.6. The highest BCUT2D eigenvalue weighted by molar-refractivity contribution is 5.98. The van der Waals surface area contributed by atoms with Crippen LogP contribution >= 0.6 is 0 Å². The molecule has 4 heteroatoms. The summed E-state index contributed by atoms with van der Waals surface area (Å²) in [5, 5.41) is 7.59. The summed E-state index contributed by atoms with van der Waals surface area (Å²) in [6, 6.07) is 5.73. The van der Waals surface area contributed by atoms with Crippen LogP contribution < -0.4 is 10.5 Å². The highest BCUT2D eigenvalue weighted by atomic mass is 16.5. The van der Waals surface area contributed by atoms with E-state index < -0.39 is 0 Å². The summed E-state index contributed by atoms with van der Waals surface area (Å²) in [7, 11) is 0. The van der Waals surface area contributed by atoms with Crippen LogP contribution in [-0.4, -0.2) is 37.0 Å². The molecule has 1 aliphatic heterocycles. The largest absolute Gasteiger partial charge is 0.491 e. The third kappa shape index (κ3) is 3.70. The van der Waals surface area contributed by atoms with Gasteiger partial charge < -0.3 is 10.5 Å². The van der Waals surface area contributed by atoms with Crippen molar-refractivity contribution < 1.29 is 4.74 Å². The third-order valence-corrected chi connectivity index (χ3v) is 3.60. The van der Waals surface area contributed by atoms with E-state index in [1.807, 2.05) is 25.1 Å². The Balaban J connectivity index is 1.93. The number of para-hydroxylation sites is 1. The van der Waals surface area contributed by atoms with Gasteiger partial charge in [0.15, 0.2) is 0 Å². The number of nitrogens with two attached hydrogens (primary N) is 1. The molecule has 0 aliphatic carbocycles. The zero-order chi connectivity index (χ0) is 13.7. The molecule has 1 saturated heterocycles. The number of benzene rings is 1. The van der Waals surface area contributed by atoms with E-state index in [1.165, 1.54) is 32.4 Å². The van der Waals surface area contributed by atoms with E-state index in [-0.39, 0.29) is 5.84 Å². The summed E-state index contributed by atoms with van der Waals surface area (Å²) in [6.45, 7) is 5.95. The van der Waals surface area contributed by atoms with Crippen LogP contribution in [0.4, 0.5) is 0 Å². The number of hydrogen-bond acceptors (Lipinski definition) is 3. The molecule has 0 saturated carbocycles. The molecule has 0 unspecified atom stereocenters. The Bertz CT molecular complexity index is 439. The lowest BCUT2D eigenvalue weighted by molar-refractivity contribution is 0.183. The number of likely N-dealkylation sites (tertiary alicyclic amines) is 1. The Morgan fingerprint density at radius 3 is 2.74 bits per heavy atom. The molecule has 1 fully saturated rings. The fourth-order valence-electron chi connectivity index (χ4n) is 2.52. The van der Waals surface area contributed by atoms with Gasteiger partial charge in [0.1, 0.15) is 18.2 Å². The lowest BCUT2D eigenvalue weighted by Gasteiger charge is -2.26. The van der Waals surface area contributed by atoms with Crippen molar-refractivity contribution in [1.29, 1.82) is 5.41 Å². The third-order valence-electron chi connectivity index (χ3n) is 3.60. The Morgan fingerprint density at radius 2 is 2.05 bits per heavy atom. The van der Waals surface area contributed by atoms with Gasteiger partial charge in [0, 0.05) is 6.54 Å². The number of ether oxygens (including phenoxy) is 1. The molecule has 0 atom stereocenters. The number of hydrogen-bond donors (Lipinski definition) is 2. The van der Waals surface area contributed by atoms with E-state index in [1.54, 1.807) is 0 Å². The first-order chi connectivity index (χ1) is 9.18. The van der Waals surface area contributed by atoms with Crippen molar-refractivity contribution in [3.8, 4) is 5.75 Å². The molecule has 1 aliphatic rings. The van der Waals surface area contributed by atoms with Gasteiger partial charge in [0.25, 0.3) is 0 Å². The highest BCUT2D eigenvalue weighted by Gasteiger charge is 2.12. The van der Waals surface area contributed by atoms with Crippen molar-refractivity contribution in [2.24, 2.45) is 5.73 Å². The summed E-state index contributed by atoms with van der Waals surface area (Å²) < 4.78 is 5.87. The minimum Gasteiger partial charge on any atom is -0.491 e. The molecule has 4 nitrogen and oxygen atoms in total. The SMILES string of the molecule is Cc1cccc(C(=N)N)c1OCCN1CCCCC1. The number of amidine groups is 1. The summed E-state index contributed by atoms with van der Waals surface area (Å²) in [5.74, 6) is 0.823. The Kier molecular flexibility index (Phi) is 4.80. The van der Waals surface area contributed by atoms with Crippen molar-refractivity contribution in [3.63, 3.8) is 0 Å². The predicted molar refractivity (Wildman–Crippen MR) is 78.0 cm³/mol. The van der Waals surface area contributed by atoms with Gasteiger partial charge in [0.2, 0.25) is 0 Å². The van der Waals surface area contributed by atoms with Gasteiger partial charge in [0.05, 0.1) is 5.56 Å². The average molecular weight is 261 g/mol. The van der Waals surface area contributed by atoms with Crippen molar-refractivity contribution in [3.05, 3.63) is 29.3 Å². The second kappa shape index (κ2) is 6.57. The summed E-state index contributed by atoms with van der Waals surface area (Å²) in [5.41, 5.74) is 7.32. The van der Waals surface area contributed by atoms with Gasteiger partial charge in [-0.1, -0.05) is 18.6 Å². The number of piperidine rings is 1. The molecule has 0 aromatic heterocycles. The lowest BCUT2D eigenvalue weighted by Crippen LogP contribution is -2.33. The normalized spacial score (nSPS) is 16.3. The summed E-state index contributed by atoms with van der Waals surface area (Å²) in [4.78, 5) is 2.44. The molecule has 0 spiro atoms. The maximum Gasteiger partial charge on any atom is 0.133 e. The first-order valence-electron chi connectivity index (χ1n) is 6.97. The quantitative estimate of drug-likeness (QED) is 0.630. The van der Waals surface area contributed by atoms with E-state index in [9.17, 15) is 0 Å². The van der Waals surface area contributed by atoms with Crippen LogP contribution in [0.5, 0.6) is 5.75 Å². The monoisotopic (exact) mass is 261 g/mol. The van der Waals surface area contributed by atoms with E-state index in [2.05, 4.69) is 4.90 Å².